The molecule has 1 aromatic rings. The van der Waals surface area contributed by atoms with Gasteiger partial charge in [-0.3, -0.25) is 0 Å². The first-order chi connectivity index (χ1) is 12.4. The van der Waals surface area contributed by atoms with Gasteiger partial charge >= 0.3 is 0 Å². The number of methoxy groups -OCH3 is 1. The van der Waals surface area contributed by atoms with Crippen LogP contribution in [0.5, 0.6) is 5.75 Å². The number of sulfone groups is 1. The second-order valence-corrected chi connectivity index (χ2v) is 8.28. The number of guanidine groups is 1. The number of hydrogen-bond donors (Lipinski definition) is 2. The van der Waals surface area contributed by atoms with E-state index in [1.807, 2.05) is 32.0 Å². The van der Waals surface area contributed by atoms with Crippen LogP contribution in [0.1, 0.15) is 25.0 Å². The van der Waals surface area contributed by atoms with E-state index in [2.05, 4.69) is 15.6 Å². The summed E-state index contributed by atoms with van der Waals surface area (Å²) in [4.78, 5) is 4.54. The maximum atomic E-state index is 11.6. The Labute approximate surface area is 157 Å². The molecule has 0 aliphatic rings. The molecule has 148 valence electrons. The Bertz CT molecular complexity index is 675. The highest BCUT2D eigenvalue weighted by Crippen LogP contribution is 2.21. The molecule has 0 unspecified atom stereocenters. The molecule has 0 saturated carbocycles. The van der Waals surface area contributed by atoms with Gasteiger partial charge in [0.25, 0.3) is 0 Å². The highest BCUT2D eigenvalue weighted by Gasteiger charge is 2.08. The Morgan fingerprint density at radius 3 is 2.62 bits per heavy atom. The molecule has 0 radical (unpaired) electrons. The van der Waals surface area contributed by atoms with Gasteiger partial charge in [-0.25, -0.2) is 13.4 Å². The van der Waals surface area contributed by atoms with Crippen LogP contribution < -0.4 is 15.4 Å². The lowest BCUT2D eigenvalue weighted by Gasteiger charge is -2.13. The van der Waals surface area contributed by atoms with Gasteiger partial charge < -0.3 is 20.1 Å². The molecule has 0 fully saturated rings. The van der Waals surface area contributed by atoms with Crippen LogP contribution in [-0.4, -0.2) is 59.3 Å². The van der Waals surface area contributed by atoms with E-state index in [-0.39, 0.29) is 11.5 Å². The van der Waals surface area contributed by atoms with E-state index < -0.39 is 9.84 Å². The number of nitrogens with zero attached hydrogens (tertiary/aromatic N) is 1. The van der Waals surface area contributed by atoms with Gasteiger partial charge in [0.15, 0.2) is 15.8 Å². The first kappa shape index (κ1) is 22.2. The van der Waals surface area contributed by atoms with Crippen LogP contribution in [0.3, 0.4) is 0 Å². The van der Waals surface area contributed by atoms with Crippen LogP contribution in [0.2, 0.25) is 0 Å². The van der Waals surface area contributed by atoms with Crippen molar-refractivity contribution in [1.82, 2.24) is 10.6 Å². The summed E-state index contributed by atoms with van der Waals surface area (Å²) in [5, 5.41) is 6.19. The highest BCUT2D eigenvalue weighted by atomic mass is 32.2. The third-order valence-corrected chi connectivity index (χ3v) is 5.37. The normalized spacial score (nSPS) is 12.1. The average Bonchev–Trinajstić information content (AvgIpc) is 2.61. The Morgan fingerprint density at radius 1 is 1.19 bits per heavy atom. The second kappa shape index (κ2) is 11.7. The van der Waals surface area contributed by atoms with Crippen molar-refractivity contribution in [3.05, 3.63) is 29.3 Å². The van der Waals surface area contributed by atoms with E-state index in [0.29, 0.717) is 38.8 Å². The van der Waals surface area contributed by atoms with Crippen molar-refractivity contribution < 1.29 is 17.9 Å². The van der Waals surface area contributed by atoms with Gasteiger partial charge in [-0.2, -0.15) is 0 Å². The third-order valence-electron chi connectivity index (χ3n) is 3.66. The molecule has 2 N–H and O–H groups in total. The molecule has 0 heterocycles. The fourth-order valence-corrected chi connectivity index (χ4v) is 2.84. The first-order valence-electron chi connectivity index (χ1n) is 8.85. The van der Waals surface area contributed by atoms with Crippen molar-refractivity contribution in [1.29, 1.82) is 0 Å². The zero-order chi connectivity index (χ0) is 19.4. The topological polar surface area (TPSA) is 89.0 Å². The maximum absolute atomic E-state index is 11.6. The molecule has 1 aromatic carbocycles. The van der Waals surface area contributed by atoms with E-state index in [0.717, 1.165) is 16.9 Å². The van der Waals surface area contributed by atoms with Crippen molar-refractivity contribution in [2.75, 3.05) is 44.9 Å². The predicted octanol–water partition coefficient (Wildman–Crippen LogP) is 1.51. The predicted molar refractivity (Wildman–Crippen MR) is 106 cm³/mol. The zero-order valence-electron chi connectivity index (χ0n) is 16.2. The third kappa shape index (κ3) is 8.53. The van der Waals surface area contributed by atoms with Crippen molar-refractivity contribution in [3.8, 4) is 5.75 Å². The molecule has 1 rings (SSSR count). The van der Waals surface area contributed by atoms with Crippen molar-refractivity contribution in [2.45, 2.75) is 27.3 Å². The average molecular weight is 386 g/mol. The van der Waals surface area contributed by atoms with Gasteiger partial charge in [0.1, 0.15) is 12.4 Å². The lowest BCUT2D eigenvalue weighted by molar-refractivity contribution is 0.146. The number of ether oxygens (including phenoxy) is 2. The minimum absolute atomic E-state index is 0.0871. The maximum Gasteiger partial charge on any atom is 0.191 e. The van der Waals surface area contributed by atoms with Crippen LogP contribution in [0, 0.1) is 6.92 Å². The Balaban J connectivity index is 2.76. The molecule has 0 aliphatic carbocycles. The van der Waals surface area contributed by atoms with Crippen LogP contribution >= 0.6 is 0 Å². The van der Waals surface area contributed by atoms with Crippen LogP contribution in [-0.2, 0) is 21.1 Å². The minimum Gasteiger partial charge on any atom is -0.491 e. The summed E-state index contributed by atoms with van der Waals surface area (Å²) in [6, 6.07) is 5.99. The SMILES string of the molecule is CCNC(=NCc1ccc(C)cc1OCCOC)NCCS(=O)(=O)CC. The highest BCUT2D eigenvalue weighted by molar-refractivity contribution is 7.91. The lowest BCUT2D eigenvalue weighted by atomic mass is 10.1. The van der Waals surface area contributed by atoms with Gasteiger partial charge in [0.2, 0.25) is 0 Å². The standard InChI is InChI=1S/C18H31N3O4S/c1-5-19-18(20-9-12-26(22,23)6-2)21-14-16-8-7-15(3)13-17(16)25-11-10-24-4/h7-8,13H,5-6,9-12,14H2,1-4H3,(H2,19,20,21). The molecule has 8 heteroatoms. The molecular formula is C18H31N3O4S. The van der Waals surface area contributed by atoms with Crippen LogP contribution in [0.4, 0.5) is 0 Å². The van der Waals surface area contributed by atoms with Crippen molar-refractivity contribution in [2.24, 2.45) is 4.99 Å². The van der Waals surface area contributed by atoms with Crippen molar-refractivity contribution in [3.63, 3.8) is 0 Å². The second-order valence-electron chi connectivity index (χ2n) is 5.81. The van der Waals surface area contributed by atoms with Gasteiger partial charge in [-0.15, -0.1) is 0 Å². The fraction of sp³-hybridized carbons (Fsp3) is 0.611. The summed E-state index contributed by atoms with van der Waals surface area (Å²) in [5.41, 5.74) is 2.07. The number of aryl methyl sites for hydroxylation is 1. The van der Waals surface area contributed by atoms with Gasteiger partial charge in [0, 0.05) is 31.5 Å². The smallest absolute Gasteiger partial charge is 0.191 e. The quantitative estimate of drug-likeness (QED) is 0.341. The summed E-state index contributed by atoms with van der Waals surface area (Å²) in [6.45, 7) is 8.07. The van der Waals surface area contributed by atoms with Crippen LogP contribution in [0.25, 0.3) is 0 Å². The van der Waals surface area contributed by atoms with E-state index >= 15 is 0 Å². The number of hydrogen-bond acceptors (Lipinski definition) is 5. The zero-order valence-corrected chi connectivity index (χ0v) is 17.0. The Hall–Kier alpha value is -1.80. The molecule has 26 heavy (non-hydrogen) atoms. The van der Waals surface area contributed by atoms with E-state index in [9.17, 15) is 8.42 Å². The molecule has 0 saturated heterocycles. The Kier molecular flexibility index (Phi) is 10.0. The molecule has 0 spiro atoms. The molecule has 0 atom stereocenters. The first-order valence-corrected chi connectivity index (χ1v) is 10.7. The summed E-state index contributed by atoms with van der Waals surface area (Å²) >= 11 is 0. The number of aliphatic imine (C=N–C) groups is 1. The molecule has 0 aliphatic heterocycles. The molecule has 7 nitrogen and oxygen atoms in total. The molecule has 0 amide bonds. The van der Waals surface area contributed by atoms with Crippen molar-refractivity contribution >= 4 is 15.8 Å². The molecular weight excluding hydrogens is 354 g/mol. The van der Waals surface area contributed by atoms with Gasteiger partial charge in [-0.1, -0.05) is 19.1 Å². The number of rotatable bonds is 11. The largest absolute Gasteiger partial charge is 0.491 e. The molecule has 0 aromatic heterocycles. The fourth-order valence-electron chi connectivity index (χ4n) is 2.14. The number of nitrogens with one attached hydrogen (secondary N) is 2. The van der Waals surface area contributed by atoms with Gasteiger partial charge in [-0.05, 0) is 25.5 Å². The lowest BCUT2D eigenvalue weighted by Crippen LogP contribution is -2.39. The summed E-state index contributed by atoms with van der Waals surface area (Å²) < 4.78 is 34.0. The minimum atomic E-state index is -3.00. The van der Waals surface area contributed by atoms with E-state index in [4.69, 9.17) is 9.47 Å². The van der Waals surface area contributed by atoms with E-state index in [1.165, 1.54) is 0 Å². The van der Waals surface area contributed by atoms with E-state index in [1.54, 1.807) is 14.0 Å². The summed E-state index contributed by atoms with van der Waals surface area (Å²) in [5.74, 6) is 1.61. The summed E-state index contributed by atoms with van der Waals surface area (Å²) in [6.07, 6.45) is 0. The Morgan fingerprint density at radius 2 is 1.96 bits per heavy atom. The van der Waals surface area contributed by atoms with Gasteiger partial charge in [0.05, 0.1) is 18.9 Å². The summed E-state index contributed by atoms with van der Waals surface area (Å²) in [7, 11) is -1.36. The monoisotopic (exact) mass is 385 g/mol. The van der Waals surface area contributed by atoms with Crippen LogP contribution in [0.15, 0.2) is 23.2 Å². The number of benzene rings is 1. The molecule has 0 bridgehead atoms.